The smallest absolute Gasteiger partial charge is 0.341 e. The molecule has 1 aromatic rings. The number of carbonyl (C=O) groups is 5. The highest BCUT2D eigenvalue weighted by Crippen LogP contribution is 2.54. The second-order valence-corrected chi connectivity index (χ2v) is 12.9. The maximum absolute atomic E-state index is 13.0. The Morgan fingerprint density at radius 2 is 1.69 bits per heavy atom. The van der Waals surface area contributed by atoms with Crippen LogP contribution in [0.2, 0.25) is 0 Å². The van der Waals surface area contributed by atoms with Crippen molar-refractivity contribution in [2.24, 2.45) is 23.7 Å². The minimum Gasteiger partial charge on any atom is -0.481 e. The van der Waals surface area contributed by atoms with Crippen molar-refractivity contribution in [3.8, 4) is 0 Å². The second kappa shape index (κ2) is 15.9. The molecule has 2 aliphatic heterocycles. The highest BCUT2D eigenvalue weighted by molar-refractivity contribution is 5.93. The minimum absolute atomic E-state index is 0.0665. The van der Waals surface area contributed by atoms with Gasteiger partial charge >= 0.3 is 29.8 Å². The third kappa shape index (κ3) is 8.31. The molecule has 10 atom stereocenters. The molecular weight excluding hydrogens is 628 g/mol. The third-order valence-corrected chi connectivity index (χ3v) is 9.12. The first-order chi connectivity index (χ1) is 22.5. The Balaban J connectivity index is 1.97. The van der Waals surface area contributed by atoms with Gasteiger partial charge in [0, 0.05) is 25.3 Å². The zero-order valence-electron chi connectivity index (χ0n) is 27.9. The van der Waals surface area contributed by atoms with E-state index in [1.54, 1.807) is 6.08 Å². The van der Waals surface area contributed by atoms with E-state index >= 15 is 0 Å². The number of allylic oxidation sites excluding steroid dienone is 1. The molecule has 2 saturated heterocycles. The number of fused-ring (bicyclic) bond motifs is 2. The van der Waals surface area contributed by atoms with Crippen LogP contribution in [-0.2, 0) is 49.3 Å². The van der Waals surface area contributed by atoms with Crippen molar-refractivity contribution in [3.63, 3.8) is 0 Å². The Kier molecular flexibility index (Phi) is 12.7. The molecule has 0 spiro atoms. The van der Waals surface area contributed by atoms with Gasteiger partial charge in [-0.3, -0.25) is 9.59 Å². The number of carboxylic acids is 3. The van der Waals surface area contributed by atoms with E-state index in [1.165, 1.54) is 6.92 Å². The summed E-state index contributed by atoms with van der Waals surface area (Å²) in [6.07, 6.45) is -3.35. The van der Waals surface area contributed by atoms with Crippen molar-refractivity contribution in [2.45, 2.75) is 103 Å². The van der Waals surface area contributed by atoms with Crippen LogP contribution in [0.25, 0.3) is 0 Å². The standard InChI is InChI=1S/C35H46O13/c1-7-19(2)17-20(3)13-14-25(37)46-30-29(38)34(47-28(32(41)42)26(31(39)40)35(30,48-34)33(43)44)16-15-21(4)27(45-23(6)36)22(5)18-24-11-9-8-10-12-24/h8-14,19-20,22,26-30,38H,4,7,15-18H2,1-3,5-6H3,(H,39,40)(H,41,42)(H,43,44). The van der Waals surface area contributed by atoms with Crippen molar-refractivity contribution >= 4 is 29.8 Å². The van der Waals surface area contributed by atoms with Gasteiger partial charge in [-0.25, -0.2) is 14.4 Å². The lowest BCUT2D eigenvalue weighted by atomic mass is 9.78. The molecule has 13 heteroatoms. The molecule has 48 heavy (non-hydrogen) atoms. The van der Waals surface area contributed by atoms with Gasteiger partial charge in [-0.15, -0.1) is 0 Å². The van der Waals surface area contributed by atoms with E-state index in [0.29, 0.717) is 17.9 Å². The van der Waals surface area contributed by atoms with Gasteiger partial charge in [-0.2, -0.15) is 0 Å². The number of aliphatic carboxylic acids is 3. The zero-order valence-corrected chi connectivity index (χ0v) is 27.9. The lowest BCUT2D eigenvalue weighted by molar-refractivity contribution is -0.342. The Bertz CT molecular complexity index is 1390. The number of aliphatic hydroxyl groups is 1. The van der Waals surface area contributed by atoms with Crippen molar-refractivity contribution in [1.82, 2.24) is 0 Å². The molecule has 4 N–H and O–H groups in total. The van der Waals surface area contributed by atoms with Crippen LogP contribution in [0.15, 0.2) is 54.6 Å². The van der Waals surface area contributed by atoms with E-state index in [4.69, 9.17) is 18.9 Å². The molecule has 2 heterocycles. The first-order valence-electron chi connectivity index (χ1n) is 16.0. The average molecular weight is 675 g/mol. The van der Waals surface area contributed by atoms with Gasteiger partial charge in [0.15, 0.2) is 12.2 Å². The summed E-state index contributed by atoms with van der Waals surface area (Å²) in [6, 6.07) is 9.39. The van der Waals surface area contributed by atoms with E-state index in [1.807, 2.05) is 58.0 Å². The lowest BCUT2D eigenvalue weighted by Gasteiger charge is -2.44. The Labute approximate surface area is 279 Å². The summed E-state index contributed by atoms with van der Waals surface area (Å²) in [5.74, 6) is -12.3. The summed E-state index contributed by atoms with van der Waals surface area (Å²) in [4.78, 5) is 62.8. The number of aliphatic hydroxyl groups excluding tert-OH is 1. The summed E-state index contributed by atoms with van der Waals surface area (Å²) in [5.41, 5.74) is -1.77. The second-order valence-electron chi connectivity index (χ2n) is 12.9. The van der Waals surface area contributed by atoms with Crippen LogP contribution >= 0.6 is 0 Å². The van der Waals surface area contributed by atoms with Crippen molar-refractivity contribution in [3.05, 3.63) is 60.2 Å². The van der Waals surface area contributed by atoms with Gasteiger partial charge < -0.3 is 39.4 Å². The van der Waals surface area contributed by atoms with Gasteiger partial charge in [0.1, 0.15) is 18.1 Å². The largest absolute Gasteiger partial charge is 0.481 e. The number of ether oxygens (including phenoxy) is 4. The molecule has 3 rings (SSSR count). The normalized spacial score (nSPS) is 29.0. The summed E-state index contributed by atoms with van der Waals surface area (Å²) >= 11 is 0. The molecular formula is C35H46O13. The molecule has 0 aromatic heterocycles. The Hall–Kier alpha value is -4.07. The van der Waals surface area contributed by atoms with E-state index < -0.39 is 78.0 Å². The average Bonchev–Trinajstić information content (AvgIpc) is 3.20. The highest BCUT2D eigenvalue weighted by Gasteiger charge is 2.79. The number of carboxylic acid groups (broad SMARTS) is 3. The zero-order chi connectivity index (χ0) is 36.0. The van der Waals surface area contributed by atoms with E-state index in [0.717, 1.165) is 24.5 Å². The fourth-order valence-corrected chi connectivity index (χ4v) is 6.56. The monoisotopic (exact) mass is 674 g/mol. The molecule has 13 nitrogen and oxygen atoms in total. The minimum atomic E-state index is -3.05. The fraction of sp³-hybridized carbons (Fsp3) is 0.571. The maximum Gasteiger partial charge on any atom is 0.341 e. The van der Waals surface area contributed by atoms with Crippen LogP contribution in [0.3, 0.4) is 0 Å². The summed E-state index contributed by atoms with van der Waals surface area (Å²) in [5, 5.41) is 42.1. The number of hydrogen-bond donors (Lipinski definition) is 4. The van der Waals surface area contributed by atoms with Gasteiger partial charge in [0.05, 0.1) is 0 Å². The SMILES string of the molecule is C=C(CCC12OC(C(=O)O)C(C(=O)O)C(C(=O)O)(O1)C(OC(=O)C=CC(C)CC(C)CC)C2O)C(OC(C)=O)C(C)Cc1ccccc1. The molecule has 2 bridgehead atoms. The maximum atomic E-state index is 13.0. The molecule has 0 saturated carbocycles. The topological polar surface area (TPSA) is 203 Å². The van der Waals surface area contributed by atoms with Gasteiger partial charge in [0.2, 0.25) is 11.4 Å². The quantitative estimate of drug-likeness (QED) is 0.106. The van der Waals surface area contributed by atoms with E-state index in [-0.39, 0.29) is 18.3 Å². The first kappa shape index (κ1) is 38.4. The number of benzene rings is 1. The fourth-order valence-electron chi connectivity index (χ4n) is 6.56. The van der Waals surface area contributed by atoms with Crippen molar-refractivity contribution in [1.29, 1.82) is 0 Å². The lowest BCUT2D eigenvalue weighted by Crippen LogP contribution is -2.66. The van der Waals surface area contributed by atoms with E-state index in [9.17, 15) is 44.4 Å². The summed E-state index contributed by atoms with van der Waals surface area (Å²) in [7, 11) is 0. The predicted octanol–water partition coefficient (Wildman–Crippen LogP) is 3.77. The number of rotatable bonds is 17. The van der Waals surface area contributed by atoms with Gasteiger partial charge in [0.25, 0.3) is 0 Å². The molecule has 1 aromatic carbocycles. The van der Waals surface area contributed by atoms with Crippen LogP contribution in [0.5, 0.6) is 0 Å². The molecule has 0 amide bonds. The van der Waals surface area contributed by atoms with E-state index in [2.05, 4.69) is 6.58 Å². The van der Waals surface area contributed by atoms with Gasteiger partial charge in [-0.1, -0.05) is 77.1 Å². The molecule has 2 aliphatic rings. The van der Waals surface area contributed by atoms with Gasteiger partial charge in [-0.05, 0) is 42.2 Å². The number of hydrogen-bond acceptors (Lipinski definition) is 10. The molecule has 2 fully saturated rings. The number of esters is 2. The van der Waals surface area contributed by atoms with Crippen molar-refractivity contribution in [2.75, 3.05) is 0 Å². The Morgan fingerprint density at radius 3 is 2.23 bits per heavy atom. The highest BCUT2D eigenvalue weighted by atomic mass is 16.8. The Morgan fingerprint density at radius 1 is 1.04 bits per heavy atom. The molecule has 264 valence electrons. The number of carbonyl (C=O) groups excluding carboxylic acids is 2. The van der Waals surface area contributed by atoms with Crippen LogP contribution in [0, 0.1) is 23.7 Å². The predicted molar refractivity (Wildman–Crippen MR) is 169 cm³/mol. The molecule has 0 aliphatic carbocycles. The third-order valence-electron chi connectivity index (χ3n) is 9.12. The summed E-state index contributed by atoms with van der Waals surface area (Å²) < 4.78 is 22.5. The van der Waals surface area contributed by atoms with Crippen LogP contribution in [0.4, 0.5) is 0 Å². The van der Waals surface area contributed by atoms with Crippen LogP contribution in [0.1, 0.15) is 65.9 Å². The molecule has 0 radical (unpaired) electrons. The summed E-state index contributed by atoms with van der Waals surface area (Å²) in [6.45, 7) is 13.1. The van der Waals surface area contributed by atoms with Crippen LogP contribution in [-0.4, -0.2) is 86.1 Å². The van der Waals surface area contributed by atoms with Crippen molar-refractivity contribution < 1.29 is 63.3 Å². The molecule has 10 unspecified atom stereocenters. The first-order valence-corrected chi connectivity index (χ1v) is 16.0. The van der Waals surface area contributed by atoms with Crippen LogP contribution < -0.4 is 0 Å².